The van der Waals surface area contributed by atoms with Crippen molar-refractivity contribution in [1.82, 2.24) is 4.90 Å². The maximum Gasteiger partial charge on any atom is 0.337 e. The monoisotopic (exact) mass is 402 g/mol. The average Bonchev–Trinajstić information content (AvgIpc) is 2.74. The van der Waals surface area contributed by atoms with Gasteiger partial charge < -0.3 is 14.5 Å². The normalized spacial score (nSPS) is 14.1. The number of benzene rings is 2. The zero-order chi connectivity index (χ0) is 19.9. The van der Waals surface area contributed by atoms with Gasteiger partial charge in [-0.25, -0.2) is 9.18 Å². The highest BCUT2D eigenvalue weighted by atomic mass is 32.2. The van der Waals surface area contributed by atoms with Gasteiger partial charge in [0.25, 0.3) is 0 Å². The summed E-state index contributed by atoms with van der Waals surface area (Å²) in [7, 11) is 1.36. The fraction of sp³-hybridized carbons (Fsp3) is 0.333. The van der Waals surface area contributed by atoms with Crippen LogP contribution in [-0.4, -0.2) is 55.8 Å². The number of carbonyl (C=O) groups is 2. The van der Waals surface area contributed by atoms with Crippen molar-refractivity contribution in [1.29, 1.82) is 0 Å². The summed E-state index contributed by atoms with van der Waals surface area (Å²) in [5.41, 5.74) is 2.49. The van der Waals surface area contributed by atoms with E-state index in [-0.39, 0.29) is 17.7 Å². The van der Waals surface area contributed by atoms with Crippen molar-refractivity contribution in [2.45, 2.75) is 5.75 Å². The molecule has 3 rings (SSSR count). The number of anilines is 1. The second-order valence-corrected chi connectivity index (χ2v) is 7.51. The molecule has 5 nitrogen and oxygen atoms in total. The maximum absolute atomic E-state index is 13.0. The van der Waals surface area contributed by atoms with E-state index in [0.717, 1.165) is 24.3 Å². The van der Waals surface area contributed by atoms with Crippen LogP contribution in [0.25, 0.3) is 0 Å². The lowest BCUT2D eigenvalue weighted by molar-refractivity contribution is -0.128. The molecule has 0 atom stereocenters. The number of halogens is 1. The Hall–Kier alpha value is -2.54. The van der Waals surface area contributed by atoms with E-state index in [9.17, 15) is 14.0 Å². The van der Waals surface area contributed by atoms with Gasteiger partial charge >= 0.3 is 5.97 Å². The summed E-state index contributed by atoms with van der Waals surface area (Å²) in [6.45, 7) is 2.80. The molecule has 148 valence electrons. The number of amides is 1. The molecule has 1 aliphatic heterocycles. The molecule has 1 heterocycles. The minimum atomic E-state index is -0.359. The van der Waals surface area contributed by atoms with E-state index in [1.807, 2.05) is 17.0 Å². The Morgan fingerprint density at radius 2 is 1.79 bits per heavy atom. The van der Waals surface area contributed by atoms with Crippen LogP contribution in [0, 0.1) is 5.82 Å². The summed E-state index contributed by atoms with van der Waals surface area (Å²) in [5, 5.41) is 0. The van der Waals surface area contributed by atoms with Crippen LogP contribution in [0.3, 0.4) is 0 Å². The van der Waals surface area contributed by atoms with Crippen molar-refractivity contribution in [3.63, 3.8) is 0 Å². The molecule has 1 amide bonds. The summed E-state index contributed by atoms with van der Waals surface area (Å²) < 4.78 is 17.8. The van der Waals surface area contributed by atoms with E-state index >= 15 is 0 Å². The lowest BCUT2D eigenvalue weighted by Gasteiger charge is -2.36. The standard InChI is InChI=1S/C21H23FN2O3S/c1-27-21(26)17-4-2-3-16(13-17)14-28-15-20(25)24-11-9-23(10-12-24)19-7-5-18(22)6-8-19/h2-8,13H,9-12,14-15H2,1H3. The molecule has 0 bridgehead atoms. The number of hydrogen-bond donors (Lipinski definition) is 0. The van der Waals surface area contributed by atoms with Crippen molar-refractivity contribution in [3.8, 4) is 0 Å². The molecule has 0 unspecified atom stereocenters. The van der Waals surface area contributed by atoms with Crippen molar-refractivity contribution < 1.29 is 18.7 Å². The largest absolute Gasteiger partial charge is 0.465 e. The van der Waals surface area contributed by atoms with Crippen molar-refractivity contribution in [2.75, 3.05) is 43.9 Å². The van der Waals surface area contributed by atoms with Crippen LogP contribution in [0.1, 0.15) is 15.9 Å². The Labute approximate surface area is 168 Å². The van der Waals surface area contributed by atoms with Gasteiger partial charge in [0.2, 0.25) is 5.91 Å². The first-order chi connectivity index (χ1) is 13.6. The molecule has 1 fully saturated rings. The van der Waals surface area contributed by atoms with Gasteiger partial charge in [-0.05, 0) is 42.0 Å². The number of piperazine rings is 1. The average molecular weight is 402 g/mol. The molecule has 0 aromatic heterocycles. The Morgan fingerprint density at radius 1 is 1.07 bits per heavy atom. The number of esters is 1. The van der Waals surface area contributed by atoms with E-state index < -0.39 is 0 Å². The molecule has 0 saturated carbocycles. The predicted octanol–water partition coefficient (Wildman–Crippen LogP) is 3.19. The van der Waals surface area contributed by atoms with Crippen LogP contribution in [0.2, 0.25) is 0 Å². The highest BCUT2D eigenvalue weighted by Gasteiger charge is 2.21. The molecular formula is C21H23FN2O3S. The molecule has 0 radical (unpaired) electrons. The van der Waals surface area contributed by atoms with Crippen LogP contribution >= 0.6 is 11.8 Å². The highest BCUT2D eigenvalue weighted by Crippen LogP contribution is 2.19. The van der Waals surface area contributed by atoms with Gasteiger partial charge in [0.15, 0.2) is 0 Å². The number of rotatable bonds is 6. The van der Waals surface area contributed by atoms with Gasteiger partial charge in [0, 0.05) is 37.6 Å². The minimum absolute atomic E-state index is 0.118. The van der Waals surface area contributed by atoms with E-state index in [1.54, 1.807) is 24.3 Å². The summed E-state index contributed by atoms with van der Waals surface area (Å²) in [6.07, 6.45) is 0. The quantitative estimate of drug-likeness (QED) is 0.695. The fourth-order valence-corrected chi connectivity index (χ4v) is 3.99. The summed E-state index contributed by atoms with van der Waals surface area (Å²) in [4.78, 5) is 28.1. The first-order valence-electron chi connectivity index (χ1n) is 9.10. The van der Waals surface area contributed by atoms with Crippen LogP contribution in [0.15, 0.2) is 48.5 Å². The van der Waals surface area contributed by atoms with Gasteiger partial charge in [-0.15, -0.1) is 11.8 Å². The lowest BCUT2D eigenvalue weighted by atomic mass is 10.1. The first kappa shape index (κ1) is 20.2. The van der Waals surface area contributed by atoms with E-state index in [2.05, 4.69) is 4.90 Å². The summed E-state index contributed by atoms with van der Waals surface area (Å²) >= 11 is 1.54. The van der Waals surface area contributed by atoms with Gasteiger partial charge in [-0.2, -0.15) is 0 Å². The smallest absolute Gasteiger partial charge is 0.337 e. The van der Waals surface area contributed by atoms with E-state index in [4.69, 9.17) is 4.74 Å². The molecule has 28 heavy (non-hydrogen) atoms. The predicted molar refractivity (Wildman–Crippen MR) is 109 cm³/mol. The van der Waals surface area contributed by atoms with Crippen molar-refractivity contribution in [3.05, 3.63) is 65.5 Å². The molecule has 1 saturated heterocycles. The molecule has 1 aliphatic rings. The summed E-state index contributed by atoms with van der Waals surface area (Å²) in [6, 6.07) is 13.7. The molecule has 0 aliphatic carbocycles. The molecule has 7 heteroatoms. The Morgan fingerprint density at radius 3 is 2.46 bits per heavy atom. The fourth-order valence-electron chi connectivity index (χ4n) is 3.12. The molecule has 2 aromatic rings. The number of hydrogen-bond acceptors (Lipinski definition) is 5. The van der Waals surface area contributed by atoms with E-state index in [0.29, 0.717) is 30.2 Å². The molecule has 2 aromatic carbocycles. The third-order valence-corrected chi connectivity index (χ3v) is 5.66. The Balaban J connectivity index is 1.44. The van der Waals surface area contributed by atoms with Crippen LogP contribution < -0.4 is 4.90 Å². The number of thioether (sulfide) groups is 1. The molecule has 0 spiro atoms. The first-order valence-corrected chi connectivity index (χ1v) is 10.3. The SMILES string of the molecule is COC(=O)c1cccc(CSCC(=O)N2CCN(c3ccc(F)cc3)CC2)c1. The number of nitrogens with zero attached hydrogens (tertiary/aromatic N) is 2. The second kappa shape index (κ2) is 9.59. The van der Waals surface area contributed by atoms with Crippen LogP contribution in [-0.2, 0) is 15.3 Å². The summed E-state index contributed by atoms with van der Waals surface area (Å²) in [5.74, 6) is 0.576. The van der Waals surface area contributed by atoms with Crippen LogP contribution in [0.5, 0.6) is 0 Å². The topological polar surface area (TPSA) is 49.9 Å². The third kappa shape index (κ3) is 5.25. The van der Waals surface area contributed by atoms with Gasteiger partial charge in [0.05, 0.1) is 18.4 Å². The number of ether oxygens (including phenoxy) is 1. The lowest BCUT2D eigenvalue weighted by Crippen LogP contribution is -2.49. The second-order valence-electron chi connectivity index (χ2n) is 6.53. The zero-order valence-electron chi connectivity index (χ0n) is 15.8. The van der Waals surface area contributed by atoms with Crippen LogP contribution in [0.4, 0.5) is 10.1 Å². The molecular weight excluding hydrogens is 379 g/mol. The minimum Gasteiger partial charge on any atom is -0.465 e. The maximum atomic E-state index is 13.0. The van der Waals surface area contributed by atoms with Crippen molar-refractivity contribution >= 4 is 29.3 Å². The van der Waals surface area contributed by atoms with Gasteiger partial charge in [-0.1, -0.05) is 12.1 Å². The third-order valence-electron chi connectivity index (χ3n) is 4.67. The molecule has 0 N–H and O–H groups in total. The Kier molecular flexibility index (Phi) is 6.92. The number of carbonyl (C=O) groups excluding carboxylic acids is 2. The van der Waals surface area contributed by atoms with Crippen molar-refractivity contribution in [2.24, 2.45) is 0 Å². The zero-order valence-corrected chi connectivity index (χ0v) is 16.6. The Bertz CT molecular complexity index is 821. The highest BCUT2D eigenvalue weighted by molar-refractivity contribution is 7.99. The van der Waals surface area contributed by atoms with E-state index in [1.165, 1.54) is 31.0 Å². The van der Waals surface area contributed by atoms with Gasteiger partial charge in [0.1, 0.15) is 5.82 Å². The number of methoxy groups -OCH3 is 1. The van der Waals surface area contributed by atoms with Gasteiger partial charge in [-0.3, -0.25) is 4.79 Å².